The molecule has 0 bridgehead atoms. The van der Waals surface area contributed by atoms with E-state index in [1.165, 1.54) is 0 Å². The molecular formula is C13H16Cl2N2S. The molecule has 5 heteroatoms. The van der Waals surface area contributed by atoms with Gasteiger partial charge in [0, 0.05) is 16.3 Å². The van der Waals surface area contributed by atoms with Crippen molar-refractivity contribution in [3.8, 4) is 0 Å². The molecule has 98 valence electrons. The lowest BCUT2D eigenvalue weighted by Crippen LogP contribution is -2.23. The molecule has 0 atom stereocenters. The number of benzene rings is 1. The van der Waals surface area contributed by atoms with Crippen molar-refractivity contribution in [2.75, 3.05) is 6.26 Å². The van der Waals surface area contributed by atoms with E-state index in [1.54, 1.807) is 0 Å². The highest BCUT2D eigenvalue weighted by Crippen LogP contribution is 2.28. The summed E-state index contributed by atoms with van der Waals surface area (Å²) < 4.78 is 2.34. The Morgan fingerprint density at radius 2 is 2.11 bits per heavy atom. The average Bonchev–Trinajstić information content (AvgIpc) is 2.66. The molecule has 0 aliphatic carbocycles. The molecule has 0 saturated heterocycles. The van der Waals surface area contributed by atoms with Gasteiger partial charge in [0.25, 0.3) is 0 Å². The van der Waals surface area contributed by atoms with Crippen LogP contribution in [0.1, 0.15) is 19.7 Å². The van der Waals surface area contributed by atoms with E-state index in [2.05, 4.69) is 29.7 Å². The van der Waals surface area contributed by atoms with Gasteiger partial charge in [0.05, 0.1) is 16.9 Å². The molecule has 2 rings (SSSR count). The van der Waals surface area contributed by atoms with Gasteiger partial charge in [-0.25, -0.2) is 4.98 Å². The fourth-order valence-corrected chi connectivity index (χ4v) is 2.51. The third kappa shape index (κ3) is 2.79. The molecule has 0 amide bonds. The Hall–Kier alpha value is -0.380. The minimum Gasteiger partial charge on any atom is -0.326 e. The second kappa shape index (κ2) is 5.32. The summed E-state index contributed by atoms with van der Waals surface area (Å²) in [7, 11) is 0. The van der Waals surface area contributed by atoms with Crippen LogP contribution in [0.2, 0.25) is 5.02 Å². The maximum atomic E-state index is 6.00. The van der Waals surface area contributed by atoms with Gasteiger partial charge in [-0.15, -0.1) is 11.6 Å². The van der Waals surface area contributed by atoms with E-state index in [0.717, 1.165) is 23.4 Å². The van der Waals surface area contributed by atoms with Crippen molar-refractivity contribution in [1.29, 1.82) is 0 Å². The number of halogens is 2. The van der Waals surface area contributed by atoms with Crippen molar-refractivity contribution in [1.82, 2.24) is 9.55 Å². The standard InChI is InChI=1S/C13H16Cl2N2S/c1-13(2,18-3)8-17-11-5-4-9(15)6-10(11)16-12(17)7-14/h4-6H,7-8H2,1-3H3. The lowest BCUT2D eigenvalue weighted by molar-refractivity contribution is 0.566. The normalized spacial score (nSPS) is 12.3. The monoisotopic (exact) mass is 302 g/mol. The molecule has 0 N–H and O–H groups in total. The number of rotatable bonds is 4. The fraction of sp³-hybridized carbons (Fsp3) is 0.462. The molecule has 18 heavy (non-hydrogen) atoms. The van der Waals surface area contributed by atoms with E-state index in [1.807, 2.05) is 30.0 Å². The van der Waals surface area contributed by atoms with Gasteiger partial charge in [0.2, 0.25) is 0 Å². The minimum absolute atomic E-state index is 0.147. The number of alkyl halides is 1. The van der Waals surface area contributed by atoms with Crippen LogP contribution in [-0.2, 0) is 12.4 Å². The molecule has 0 fully saturated rings. The third-order valence-corrected chi connectivity index (χ3v) is 4.71. The summed E-state index contributed by atoms with van der Waals surface area (Å²) in [5.41, 5.74) is 2.01. The highest BCUT2D eigenvalue weighted by molar-refractivity contribution is 7.99. The summed E-state index contributed by atoms with van der Waals surface area (Å²) >= 11 is 13.8. The highest BCUT2D eigenvalue weighted by atomic mass is 35.5. The number of fused-ring (bicyclic) bond motifs is 1. The topological polar surface area (TPSA) is 17.8 Å². The molecule has 1 aromatic heterocycles. The smallest absolute Gasteiger partial charge is 0.124 e. The van der Waals surface area contributed by atoms with Gasteiger partial charge in [-0.05, 0) is 38.3 Å². The predicted octanol–water partition coefficient (Wildman–Crippen LogP) is 4.57. The van der Waals surface area contributed by atoms with Crippen molar-refractivity contribution in [3.05, 3.63) is 29.0 Å². The van der Waals surface area contributed by atoms with E-state index in [-0.39, 0.29) is 4.75 Å². The molecule has 2 aromatic rings. The number of hydrogen-bond donors (Lipinski definition) is 0. The van der Waals surface area contributed by atoms with Crippen LogP contribution in [0.5, 0.6) is 0 Å². The SMILES string of the molecule is CSC(C)(C)Cn1c(CCl)nc2cc(Cl)ccc21. The molecule has 2 nitrogen and oxygen atoms in total. The zero-order valence-corrected chi connectivity index (χ0v) is 13.0. The summed E-state index contributed by atoms with van der Waals surface area (Å²) in [5, 5.41) is 0.706. The van der Waals surface area contributed by atoms with Crippen molar-refractivity contribution >= 4 is 46.0 Å². The molecule has 0 spiro atoms. The molecule has 1 heterocycles. The molecular weight excluding hydrogens is 287 g/mol. The average molecular weight is 303 g/mol. The maximum absolute atomic E-state index is 6.00. The van der Waals surface area contributed by atoms with Crippen molar-refractivity contribution in [3.63, 3.8) is 0 Å². The quantitative estimate of drug-likeness (QED) is 0.770. The predicted molar refractivity (Wildman–Crippen MR) is 81.9 cm³/mol. The van der Waals surface area contributed by atoms with Crippen molar-refractivity contribution in [2.24, 2.45) is 0 Å². The summed E-state index contributed by atoms with van der Waals surface area (Å²) in [6.07, 6.45) is 2.12. The number of thioether (sulfide) groups is 1. The van der Waals surface area contributed by atoms with Crippen LogP contribution < -0.4 is 0 Å². The van der Waals surface area contributed by atoms with E-state index >= 15 is 0 Å². The fourth-order valence-electron chi connectivity index (χ4n) is 1.88. The Morgan fingerprint density at radius 1 is 1.39 bits per heavy atom. The molecule has 0 aliphatic heterocycles. The third-order valence-electron chi connectivity index (χ3n) is 3.00. The molecule has 1 aromatic carbocycles. The summed E-state index contributed by atoms with van der Waals surface area (Å²) in [5.74, 6) is 1.31. The Kier molecular flexibility index (Phi) is 4.15. The molecule has 0 saturated carbocycles. The van der Waals surface area contributed by atoms with Gasteiger partial charge in [0.15, 0.2) is 0 Å². The van der Waals surface area contributed by atoms with Crippen LogP contribution in [0.3, 0.4) is 0 Å². The van der Waals surface area contributed by atoms with Crippen LogP contribution in [0.15, 0.2) is 18.2 Å². The Balaban J connectivity index is 2.53. The molecule has 0 unspecified atom stereocenters. The van der Waals surface area contributed by atoms with Crippen LogP contribution in [0.4, 0.5) is 0 Å². The van der Waals surface area contributed by atoms with E-state index in [0.29, 0.717) is 10.9 Å². The first kappa shape index (κ1) is 14.0. The number of imidazole rings is 1. The Labute approximate surface area is 122 Å². The lowest BCUT2D eigenvalue weighted by atomic mass is 10.2. The largest absolute Gasteiger partial charge is 0.326 e. The first-order valence-corrected chi connectivity index (χ1v) is 7.86. The van der Waals surface area contributed by atoms with Crippen LogP contribution in [-0.4, -0.2) is 20.6 Å². The molecule has 0 radical (unpaired) electrons. The van der Waals surface area contributed by atoms with Gasteiger partial charge in [0.1, 0.15) is 5.82 Å². The second-order valence-corrected chi connectivity index (χ2v) is 7.06. The van der Waals surface area contributed by atoms with E-state index in [9.17, 15) is 0 Å². The highest BCUT2D eigenvalue weighted by Gasteiger charge is 2.20. The zero-order chi connectivity index (χ0) is 13.3. The first-order valence-electron chi connectivity index (χ1n) is 5.72. The summed E-state index contributed by atoms with van der Waals surface area (Å²) in [6.45, 7) is 5.32. The maximum Gasteiger partial charge on any atom is 0.124 e. The van der Waals surface area contributed by atoms with E-state index < -0.39 is 0 Å². The van der Waals surface area contributed by atoms with Gasteiger partial charge in [-0.2, -0.15) is 11.8 Å². The number of nitrogens with zero attached hydrogens (tertiary/aromatic N) is 2. The molecule has 0 aliphatic rings. The van der Waals surface area contributed by atoms with Crippen LogP contribution >= 0.6 is 35.0 Å². The first-order chi connectivity index (χ1) is 8.46. The van der Waals surface area contributed by atoms with E-state index in [4.69, 9.17) is 23.2 Å². The zero-order valence-electron chi connectivity index (χ0n) is 10.7. The minimum atomic E-state index is 0.147. The number of aromatic nitrogens is 2. The van der Waals surface area contributed by atoms with Crippen molar-refractivity contribution < 1.29 is 0 Å². The van der Waals surface area contributed by atoms with Crippen molar-refractivity contribution in [2.45, 2.75) is 31.0 Å². The van der Waals surface area contributed by atoms with Gasteiger partial charge >= 0.3 is 0 Å². The van der Waals surface area contributed by atoms with Gasteiger partial charge in [-0.3, -0.25) is 0 Å². The lowest BCUT2D eigenvalue weighted by Gasteiger charge is -2.23. The summed E-state index contributed by atoms with van der Waals surface area (Å²) in [4.78, 5) is 4.55. The Morgan fingerprint density at radius 3 is 2.72 bits per heavy atom. The van der Waals surface area contributed by atoms with Gasteiger partial charge < -0.3 is 4.57 Å². The van der Waals surface area contributed by atoms with Crippen LogP contribution in [0, 0.1) is 0 Å². The Bertz CT molecular complexity index is 563. The van der Waals surface area contributed by atoms with Crippen LogP contribution in [0.25, 0.3) is 11.0 Å². The summed E-state index contributed by atoms with van der Waals surface area (Å²) in [6, 6.07) is 5.79. The number of hydrogen-bond acceptors (Lipinski definition) is 2. The second-order valence-electron chi connectivity index (χ2n) is 4.84. The van der Waals surface area contributed by atoms with Gasteiger partial charge in [-0.1, -0.05) is 11.6 Å².